The Bertz CT molecular complexity index is 1470. The van der Waals surface area contributed by atoms with Crippen molar-refractivity contribution in [1.29, 1.82) is 0 Å². The van der Waals surface area contributed by atoms with E-state index in [2.05, 4.69) is 20.3 Å². The maximum absolute atomic E-state index is 14.1. The van der Waals surface area contributed by atoms with Gasteiger partial charge in [-0.2, -0.15) is 23.1 Å². The number of halogens is 6. The molecule has 0 aliphatic carbocycles. The minimum Gasteiger partial charge on any atom is -0.475 e. The first-order valence-electron chi connectivity index (χ1n) is 11.3. The van der Waals surface area contributed by atoms with E-state index in [1.54, 1.807) is 23.0 Å². The first-order chi connectivity index (χ1) is 18.5. The molecule has 206 valence electrons. The summed E-state index contributed by atoms with van der Waals surface area (Å²) < 4.78 is 80.0. The highest BCUT2D eigenvalue weighted by Gasteiger charge is 2.38. The first kappa shape index (κ1) is 27.6. The molecule has 1 aliphatic heterocycles. The molecule has 2 aromatic heterocycles. The van der Waals surface area contributed by atoms with Crippen molar-refractivity contribution in [3.8, 4) is 5.69 Å². The third-order valence-corrected chi connectivity index (χ3v) is 5.47. The summed E-state index contributed by atoms with van der Waals surface area (Å²) in [7, 11) is 0. The Hall–Kier alpha value is -4.40. The minimum absolute atomic E-state index is 0.0770. The van der Waals surface area contributed by atoms with E-state index in [-0.39, 0.29) is 17.9 Å². The van der Waals surface area contributed by atoms with Crippen molar-refractivity contribution in [2.75, 3.05) is 36.5 Å². The fourth-order valence-electron chi connectivity index (χ4n) is 3.58. The standard InChI is InChI=1S/C22H19F3N6O.C2HF3O2/c23-15-2-1-3-17(10-15)31-13-27-19-20(26-12-14-4-5-16(24)11-18(14)25)28-22(29-21(19)31)30-6-8-32-9-7-30;3-2(4,5)1(6)7/h1-5,10-11,13H,6-9,12H2,(H,26,28,29);(H,6,7). The number of rotatable bonds is 5. The van der Waals surface area contributed by atoms with E-state index in [9.17, 15) is 26.3 Å². The Balaban J connectivity index is 0.000000448. The van der Waals surface area contributed by atoms with Crippen molar-refractivity contribution >= 4 is 28.9 Å². The second kappa shape index (κ2) is 11.6. The summed E-state index contributed by atoms with van der Waals surface area (Å²) in [6.45, 7) is 2.41. The number of imidazole rings is 1. The molecule has 0 atom stereocenters. The van der Waals surface area contributed by atoms with Crippen LogP contribution in [0.1, 0.15) is 5.56 Å². The fourth-order valence-corrected chi connectivity index (χ4v) is 3.58. The number of aliphatic carboxylic acids is 1. The number of morpholine rings is 1. The molecule has 0 unspecified atom stereocenters. The number of hydrogen-bond acceptors (Lipinski definition) is 7. The minimum atomic E-state index is -5.08. The van der Waals surface area contributed by atoms with Crippen LogP contribution in [0.5, 0.6) is 0 Å². The zero-order chi connectivity index (χ0) is 28.2. The average molecular weight is 554 g/mol. The van der Waals surface area contributed by atoms with Gasteiger partial charge in [0.25, 0.3) is 0 Å². The molecular formula is C24H20F6N6O3. The van der Waals surface area contributed by atoms with Crippen LogP contribution < -0.4 is 10.2 Å². The zero-order valence-corrected chi connectivity index (χ0v) is 19.9. The number of nitrogens with zero attached hydrogens (tertiary/aromatic N) is 5. The van der Waals surface area contributed by atoms with Gasteiger partial charge in [-0.1, -0.05) is 12.1 Å². The van der Waals surface area contributed by atoms with Crippen molar-refractivity contribution < 1.29 is 41.0 Å². The van der Waals surface area contributed by atoms with Crippen LogP contribution in [0.25, 0.3) is 16.9 Å². The second-order valence-electron chi connectivity index (χ2n) is 8.13. The molecule has 0 radical (unpaired) electrons. The number of alkyl halides is 3. The van der Waals surface area contributed by atoms with E-state index in [4.69, 9.17) is 14.6 Å². The molecule has 39 heavy (non-hydrogen) atoms. The van der Waals surface area contributed by atoms with Gasteiger partial charge >= 0.3 is 12.1 Å². The lowest BCUT2D eigenvalue weighted by molar-refractivity contribution is -0.192. The third-order valence-electron chi connectivity index (χ3n) is 5.47. The maximum atomic E-state index is 14.1. The molecule has 0 spiro atoms. The SMILES string of the molecule is Fc1cccc(-n2cnc3c(NCc4ccc(F)cc4F)nc(N4CCOCC4)nc32)c1.O=C(O)C(F)(F)F. The number of hydrogen-bond donors (Lipinski definition) is 2. The largest absolute Gasteiger partial charge is 0.490 e. The molecule has 2 N–H and O–H groups in total. The van der Waals surface area contributed by atoms with E-state index in [1.807, 2.05) is 4.90 Å². The van der Waals surface area contributed by atoms with Gasteiger partial charge in [0.1, 0.15) is 23.8 Å². The second-order valence-corrected chi connectivity index (χ2v) is 8.13. The number of nitrogens with one attached hydrogen (secondary N) is 1. The van der Waals surface area contributed by atoms with Crippen LogP contribution in [0.4, 0.5) is 38.1 Å². The first-order valence-corrected chi connectivity index (χ1v) is 11.3. The summed E-state index contributed by atoms with van der Waals surface area (Å²) >= 11 is 0. The van der Waals surface area contributed by atoms with Gasteiger partial charge in [-0.05, 0) is 24.3 Å². The van der Waals surface area contributed by atoms with Crippen molar-refractivity contribution in [3.05, 3.63) is 71.8 Å². The van der Waals surface area contributed by atoms with Gasteiger partial charge in [-0.3, -0.25) is 4.57 Å². The Morgan fingerprint density at radius 1 is 1.03 bits per heavy atom. The molecule has 4 aromatic rings. The lowest BCUT2D eigenvalue weighted by Gasteiger charge is -2.27. The molecule has 5 rings (SSSR count). The van der Waals surface area contributed by atoms with E-state index in [0.29, 0.717) is 54.9 Å². The number of ether oxygens (including phenoxy) is 1. The summed E-state index contributed by atoms with van der Waals surface area (Å²) in [5.74, 6) is -3.57. The number of carbonyl (C=O) groups is 1. The molecule has 1 aliphatic rings. The summed E-state index contributed by atoms with van der Waals surface area (Å²) in [5.41, 5.74) is 1.79. The van der Waals surface area contributed by atoms with Crippen LogP contribution in [-0.4, -0.2) is 63.1 Å². The summed E-state index contributed by atoms with van der Waals surface area (Å²) in [6.07, 6.45) is -3.54. The molecule has 2 aromatic carbocycles. The molecule has 1 fully saturated rings. The van der Waals surface area contributed by atoms with Gasteiger partial charge in [-0.25, -0.2) is 22.9 Å². The Kier molecular flexibility index (Phi) is 8.18. The monoisotopic (exact) mass is 554 g/mol. The molecule has 15 heteroatoms. The highest BCUT2D eigenvalue weighted by molar-refractivity contribution is 5.85. The van der Waals surface area contributed by atoms with Gasteiger partial charge < -0.3 is 20.1 Å². The number of benzene rings is 2. The summed E-state index contributed by atoms with van der Waals surface area (Å²) in [6, 6.07) is 9.53. The molecule has 0 bridgehead atoms. The van der Waals surface area contributed by atoms with E-state index in [1.165, 1.54) is 24.3 Å². The zero-order valence-electron chi connectivity index (χ0n) is 19.9. The fraction of sp³-hybridized carbons (Fsp3) is 0.250. The van der Waals surface area contributed by atoms with Crippen molar-refractivity contribution in [3.63, 3.8) is 0 Å². The quantitative estimate of drug-likeness (QED) is 0.352. The lowest BCUT2D eigenvalue weighted by atomic mass is 10.2. The highest BCUT2D eigenvalue weighted by atomic mass is 19.4. The van der Waals surface area contributed by atoms with Gasteiger partial charge in [0, 0.05) is 31.3 Å². The smallest absolute Gasteiger partial charge is 0.475 e. The maximum Gasteiger partial charge on any atom is 0.490 e. The Morgan fingerprint density at radius 2 is 1.72 bits per heavy atom. The predicted molar refractivity (Wildman–Crippen MR) is 127 cm³/mol. The Morgan fingerprint density at radius 3 is 2.36 bits per heavy atom. The van der Waals surface area contributed by atoms with Crippen LogP contribution in [0, 0.1) is 17.5 Å². The number of carboxylic acids is 1. The molecule has 3 heterocycles. The van der Waals surface area contributed by atoms with Crippen LogP contribution in [0.15, 0.2) is 48.8 Å². The summed E-state index contributed by atoms with van der Waals surface area (Å²) in [5, 5.41) is 10.2. The van der Waals surface area contributed by atoms with Crippen molar-refractivity contribution in [2.45, 2.75) is 12.7 Å². The van der Waals surface area contributed by atoms with Gasteiger partial charge in [0.05, 0.1) is 18.9 Å². The van der Waals surface area contributed by atoms with Crippen molar-refractivity contribution in [2.24, 2.45) is 0 Å². The topological polar surface area (TPSA) is 105 Å². The predicted octanol–water partition coefficient (Wildman–Crippen LogP) is 4.31. The number of aromatic nitrogens is 4. The summed E-state index contributed by atoms with van der Waals surface area (Å²) in [4.78, 5) is 24.6. The van der Waals surface area contributed by atoms with Crippen LogP contribution in [0.3, 0.4) is 0 Å². The van der Waals surface area contributed by atoms with Gasteiger partial charge in [0.2, 0.25) is 5.95 Å². The van der Waals surface area contributed by atoms with Crippen molar-refractivity contribution in [1.82, 2.24) is 19.5 Å². The number of anilines is 2. The molecule has 0 amide bonds. The van der Waals surface area contributed by atoms with Crippen LogP contribution in [-0.2, 0) is 16.1 Å². The number of fused-ring (bicyclic) bond motifs is 1. The van der Waals surface area contributed by atoms with E-state index >= 15 is 0 Å². The molecule has 9 nitrogen and oxygen atoms in total. The third kappa shape index (κ3) is 6.73. The van der Waals surface area contributed by atoms with E-state index < -0.39 is 23.8 Å². The number of carboxylic acid groups (broad SMARTS) is 1. The lowest BCUT2D eigenvalue weighted by Crippen LogP contribution is -2.37. The molecule has 0 saturated carbocycles. The van der Waals surface area contributed by atoms with Gasteiger partial charge in [0.15, 0.2) is 17.0 Å². The van der Waals surface area contributed by atoms with Gasteiger partial charge in [-0.15, -0.1) is 0 Å². The Labute approximate surface area is 216 Å². The van der Waals surface area contributed by atoms with E-state index in [0.717, 1.165) is 6.07 Å². The van der Waals surface area contributed by atoms with Crippen LogP contribution >= 0.6 is 0 Å². The molecule has 1 saturated heterocycles. The van der Waals surface area contributed by atoms with Crippen LogP contribution in [0.2, 0.25) is 0 Å². The normalized spacial score (nSPS) is 13.6. The average Bonchev–Trinajstić information content (AvgIpc) is 3.33. The molecular weight excluding hydrogens is 534 g/mol. The highest BCUT2D eigenvalue weighted by Crippen LogP contribution is 2.26.